The van der Waals surface area contributed by atoms with E-state index in [1.807, 2.05) is 13.0 Å². The Morgan fingerprint density at radius 2 is 1.95 bits per heavy atom. The molecule has 0 spiro atoms. The van der Waals surface area contributed by atoms with Crippen LogP contribution in [0.3, 0.4) is 0 Å². The van der Waals surface area contributed by atoms with Crippen molar-refractivity contribution in [3.8, 4) is 0 Å². The van der Waals surface area contributed by atoms with Gasteiger partial charge in [0.05, 0.1) is 5.02 Å². The monoisotopic (exact) mass is 283 g/mol. The van der Waals surface area contributed by atoms with Gasteiger partial charge < -0.3 is 0 Å². The molecule has 1 heterocycles. The van der Waals surface area contributed by atoms with E-state index in [9.17, 15) is 4.39 Å². The van der Waals surface area contributed by atoms with E-state index in [4.69, 9.17) is 11.6 Å². The lowest BCUT2D eigenvalue weighted by Gasteiger charge is -2.34. The van der Waals surface area contributed by atoms with Gasteiger partial charge in [-0.05, 0) is 56.3 Å². The molecule has 1 nitrogen and oxygen atoms in total. The third-order valence-electron chi connectivity index (χ3n) is 4.22. The molecule has 1 aromatic carbocycles. The summed E-state index contributed by atoms with van der Waals surface area (Å²) in [7, 11) is 0. The maximum absolute atomic E-state index is 14.0. The molecule has 0 unspecified atom stereocenters. The molecule has 2 rings (SSSR count). The van der Waals surface area contributed by atoms with E-state index in [2.05, 4.69) is 18.7 Å². The molecule has 0 bridgehead atoms. The van der Waals surface area contributed by atoms with E-state index < -0.39 is 0 Å². The van der Waals surface area contributed by atoms with Crippen LogP contribution in [-0.4, -0.2) is 18.0 Å². The molecule has 1 aromatic rings. The number of piperidine rings is 1. The Kier molecular flexibility index (Phi) is 4.86. The summed E-state index contributed by atoms with van der Waals surface area (Å²) >= 11 is 5.91. The van der Waals surface area contributed by atoms with Gasteiger partial charge in [0.1, 0.15) is 5.82 Å². The Hall–Kier alpha value is -0.600. The molecule has 0 atom stereocenters. The second-order valence-electron chi connectivity index (χ2n) is 6.08. The zero-order valence-corrected chi connectivity index (χ0v) is 12.8. The first-order valence-electron chi connectivity index (χ1n) is 7.14. The zero-order chi connectivity index (χ0) is 14.0. The van der Waals surface area contributed by atoms with Gasteiger partial charge in [0.25, 0.3) is 0 Å². The van der Waals surface area contributed by atoms with Gasteiger partial charge in [0.15, 0.2) is 0 Å². The fourth-order valence-corrected chi connectivity index (χ4v) is 3.22. The van der Waals surface area contributed by atoms with E-state index in [0.29, 0.717) is 6.54 Å². The molecule has 0 aromatic heterocycles. The van der Waals surface area contributed by atoms with Crippen molar-refractivity contribution < 1.29 is 4.39 Å². The van der Waals surface area contributed by atoms with E-state index in [0.717, 1.165) is 36.1 Å². The van der Waals surface area contributed by atoms with Crippen LogP contribution in [0.4, 0.5) is 4.39 Å². The molecule has 1 aliphatic rings. The number of rotatable bonds is 3. The maximum atomic E-state index is 14.0. The lowest BCUT2D eigenvalue weighted by Crippen LogP contribution is -2.35. The smallest absolute Gasteiger partial charge is 0.146 e. The average Bonchev–Trinajstić information content (AvgIpc) is 2.36. The van der Waals surface area contributed by atoms with Crippen LogP contribution in [0.2, 0.25) is 5.02 Å². The van der Waals surface area contributed by atoms with Crippen molar-refractivity contribution in [1.82, 2.24) is 4.90 Å². The summed E-state index contributed by atoms with van der Waals surface area (Å²) in [6, 6.07) is 3.60. The third kappa shape index (κ3) is 3.70. The fourth-order valence-electron chi connectivity index (χ4n) is 2.93. The minimum Gasteiger partial charge on any atom is -0.299 e. The first-order valence-corrected chi connectivity index (χ1v) is 7.52. The van der Waals surface area contributed by atoms with Crippen molar-refractivity contribution in [2.24, 2.45) is 11.8 Å². The molecule has 19 heavy (non-hydrogen) atoms. The first kappa shape index (κ1) is 14.8. The van der Waals surface area contributed by atoms with Gasteiger partial charge >= 0.3 is 0 Å². The second-order valence-corrected chi connectivity index (χ2v) is 6.48. The Labute approximate surface area is 120 Å². The van der Waals surface area contributed by atoms with Crippen molar-refractivity contribution in [2.75, 3.05) is 13.1 Å². The predicted octanol–water partition coefficient (Wildman–Crippen LogP) is 4.66. The summed E-state index contributed by atoms with van der Waals surface area (Å²) < 4.78 is 14.0. The van der Waals surface area contributed by atoms with Crippen LogP contribution in [0.15, 0.2) is 12.1 Å². The normalized spacial score (nSPS) is 18.2. The Morgan fingerprint density at radius 1 is 1.32 bits per heavy atom. The number of hydrogen-bond donors (Lipinski definition) is 0. The highest BCUT2D eigenvalue weighted by Gasteiger charge is 2.22. The lowest BCUT2D eigenvalue weighted by atomic mass is 9.86. The molecule has 0 saturated carbocycles. The SMILES string of the molecule is Cc1cc(Cl)c(F)c(CN2CCC(C(C)C)CC2)c1. The van der Waals surface area contributed by atoms with Crippen LogP contribution < -0.4 is 0 Å². The highest BCUT2D eigenvalue weighted by atomic mass is 35.5. The van der Waals surface area contributed by atoms with E-state index in [-0.39, 0.29) is 10.8 Å². The van der Waals surface area contributed by atoms with Crippen LogP contribution in [0, 0.1) is 24.6 Å². The molecule has 3 heteroatoms. The van der Waals surface area contributed by atoms with Crippen LogP contribution in [-0.2, 0) is 6.54 Å². The summed E-state index contributed by atoms with van der Waals surface area (Å²) in [5, 5.41) is 0.243. The second kappa shape index (κ2) is 6.23. The van der Waals surface area contributed by atoms with E-state index in [1.165, 1.54) is 12.8 Å². The number of nitrogens with zero attached hydrogens (tertiary/aromatic N) is 1. The van der Waals surface area contributed by atoms with Gasteiger partial charge in [0.2, 0.25) is 0 Å². The van der Waals surface area contributed by atoms with Crippen LogP contribution in [0.1, 0.15) is 37.8 Å². The topological polar surface area (TPSA) is 3.24 Å². The van der Waals surface area contributed by atoms with Crippen LogP contribution in [0.25, 0.3) is 0 Å². The van der Waals surface area contributed by atoms with Gasteiger partial charge in [-0.25, -0.2) is 4.39 Å². The summed E-state index contributed by atoms with van der Waals surface area (Å²) in [4.78, 5) is 2.34. The summed E-state index contributed by atoms with van der Waals surface area (Å²) in [6.45, 7) is 9.35. The lowest BCUT2D eigenvalue weighted by molar-refractivity contribution is 0.150. The first-order chi connectivity index (χ1) is 8.97. The largest absolute Gasteiger partial charge is 0.299 e. The standard InChI is InChI=1S/C16H23ClFN/c1-11(2)13-4-6-19(7-5-13)10-14-8-12(3)9-15(17)16(14)18/h8-9,11,13H,4-7,10H2,1-3H3. The van der Waals surface area contributed by atoms with E-state index in [1.54, 1.807) is 6.07 Å². The van der Waals surface area contributed by atoms with Gasteiger partial charge in [-0.3, -0.25) is 4.90 Å². The highest BCUT2D eigenvalue weighted by Crippen LogP contribution is 2.27. The number of likely N-dealkylation sites (tertiary alicyclic amines) is 1. The molecule has 0 radical (unpaired) electrons. The average molecular weight is 284 g/mol. The molecule has 1 saturated heterocycles. The molecule has 1 fully saturated rings. The summed E-state index contributed by atoms with van der Waals surface area (Å²) in [5.41, 5.74) is 1.76. The third-order valence-corrected chi connectivity index (χ3v) is 4.49. The predicted molar refractivity (Wildman–Crippen MR) is 79.0 cm³/mol. The molecule has 0 aliphatic carbocycles. The Morgan fingerprint density at radius 3 is 2.53 bits per heavy atom. The van der Waals surface area contributed by atoms with Crippen LogP contribution >= 0.6 is 11.6 Å². The Bertz CT molecular complexity index is 437. The number of hydrogen-bond acceptors (Lipinski definition) is 1. The molecular formula is C16H23ClFN. The quantitative estimate of drug-likeness (QED) is 0.780. The van der Waals surface area contributed by atoms with Crippen molar-refractivity contribution in [3.05, 3.63) is 34.1 Å². The maximum Gasteiger partial charge on any atom is 0.146 e. The minimum absolute atomic E-state index is 0.243. The van der Waals surface area contributed by atoms with E-state index >= 15 is 0 Å². The van der Waals surface area contributed by atoms with Gasteiger partial charge in [-0.15, -0.1) is 0 Å². The molecule has 0 N–H and O–H groups in total. The fraction of sp³-hybridized carbons (Fsp3) is 0.625. The van der Waals surface area contributed by atoms with Crippen molar-refractivity contribution in [2.45, 2.75) is 40.2 Å². The van der Waals surface area contributed by atoms with Gasteiger partial charge in [-0.1, -0.05) is 31.5 Å². The van der Waals surface area contributed by atoms with Crippen molar-refractivity contribution in [1.29, 1.82) is 0 Å². The summed E-state index contributed by atoms with van der Waals surface area (Å²) in [6.07, 6.45) is 2.44. The molecule has 0 amide bonds. The van der Waals surface area contributed by atoms with Crippen molar-refractivity contribution >= 4 is 11.6 Å². The molecular weight excluding hydrogens is 261 g/mol. The van der Waals surface area contributed by atoms with Gasteiger partial charge in [-0.2, -0.15) is 0 Å². The number of halogens is 2. The van der Waals surface area contributed by atoms with Gasteiger partial charge in [0, 0.05) is 12.1 Å². The number of benzene rings is 1. The minimum atomic E-state index is -0.252. The van der Waals surface area contributed by atoms with Crippen molar-refractivity contribution in [3.63, 3.8) is 0 Å². The molecule has 1 aliphatic heterocycles. The van der Waals surface area contributed by atoms with Crippen LogP contribution in [0.5, 0.6) is 0 Å². The molecule has 106 valence electrons. The Balaban J connectivity index is 2.00. The highest BCUT2D eigenvalue weighted by molar-refractivity contribution is 6.30. The summed E-state index contributed by atoms with van der Waals surface area (Å²) in [5.74, 6) is 1.33. The number of aryl methyl sites for hydroxylation is 1. The zero-order valence-electron chi connectivity index (χ0n) is 12.0.